The number of hydrogen-bond acceptors (Lipinski definition) is 6. The first-order chi connectivity index (χ1) is 14.7. The van der Waals surface area contributed by atoms with Crippen molar-refractivity contribution in [1.82, 2.24) is 0 Å². The van der Waals surface area contributed by atoms with Crippen LogP contribution < -0.4 is 0 Å². The molecule has 2 saturated carbocycles. The molecule has 0 aliphatic heterocycles. The fraction of sp³-hybridized carbons (Fsp3) is 0.600. The van der Waals surface area contributed by atoms with Crippen LogP contribution >= 0.6 is 0 Å². The van der Waals surface area contributed by atoms with Crippen LogP contribution in [0.5, 0.6) is 0 Å². The molecule has 0 spiro atoms. The fourth-order valence-electron chi connectivity index (χ4n) is 5.17. The maximum atomic E-state index is 13.1. The van der Waals surface area contributed by atoms with Crippen molar-refractivity contribution in [3.05, 3.63) is 34.4 Å². The van der Waals surface area contributed by atoms with Gasteiger partial charge in [0.2, 0.25) is 0 Å². The van der Waals surface area contributed by atoms with Crippen molar-refractivity contribution in [2.75, 3.05) is 12.4 Å². The molecule has 2 aliphatic rings. The number of esters is 2. The first kappa shape index (κ1) is 23.9. The highest BCUT2D eigenvalue weighted by Crippen LogP contribution is 2.50. The van der Waals surface area contributed by atoms with Gasteiger partial charge in [0.05, 0.1) is 11.5 Å². The average Bonchev–Trinajstić information content (AvgIpc) is 3.32. The van der Waals surface area contributed by atoms with E-state index in [0.29, 0.717) is 17.9 Å². The number of rotatable bonds is 9. The van der Waals surface area contributed by atoms with Gasteiger partial charge in [-0.3, -0.25) is 9.35 Å². The quantitative estimate of drug-likeness (QED) is 0.298. The van der Waals surface area contributed by atoms with E-state index in [2.05, 4.69) is 21.8 Å². The van der Waals surface area contributed by atoms with Gasteiger partial charge in [-0.2, -0.15) is 8.42 Å². The summed E-state index contributed by atoms with van der Waals surface area (Å²) in [5, 5.41) is 0. The maximum Gasteiger partial charge on any atom is 0.338 e. The molecular weight excluding hydrogens is 417 g/mol. The van der Waals surface area contributed by atoms with Gasteiger partial charge >= 0.3 is 11.9 Å². The smallest absolute Gasteiger partial charge is 0.338 e. The minimum Gasteiger partial charge on any atom is -0.464 e. The van der Waals surface area contributed by atoms with Crippen LogP contribution in [-0.2, 0) is 43.3 Å². The van der Waals surface area contributed by atoms with E-state index in [1.165, 1.54) is 5.56 Å². The van der Waals surface area contributed by atoms with Crippen LogP contribution in [0.1, 0.15) is 46.3 Å². The van der Waals surface area contributed by atoms with Gasteiger partial charge in [0.15, 0.2) is 0 Å². The predicted octanol–water partition coefficient (Wildman–Crippen LogP) is -0.912. The molecular formula is C20H29B3O7S. The third kappa shape index (κ3) is 5.55. The molecule has 11 heteroatoms. The number of carbonyl (C=O) groups is 2. The second-order valence-electron chi connectivity index (χ2n) is 8.58. The number of hydrogen-bond donors (Lipinski definition) is 1. The van der Waals surface area contributed by atoms with Gasteiger partial charge in [-0.05, 0) is 36.8 Å². The zero-order chi connectivity index (χ0) is 22.8. The summed E-state index contributed by atoms with van der Waals surface area (Å²) in [6.07, 6.45) is 4.29. The Kier molecular flexibility index (Phi) is 7.57. The lowest BCUT2D eigenvalue weighted by Gasteiger charge is -2.28. The third-order valence-corrected chi connectivity index (χ3v) is 7.35. The van der Waals surface area contributed by atoms with E-state index in [1.54, 1.807) is 0 Å². The molecule has 1 aromatic carbocycles. The lowest BCUT2D eigenvalue weighted by atomic mass is 9.81. The number of benzene rings is 1. The Morgan fingerprint density at radius 2 is 1.81 bits per heavy atom. The molecule has 1 aromatic rings. The van der Waals surface area contributed by atoms with Crippen molar-refractivity contribution >= 4 is 45.6 Å². The zero-order valence-electron chi connectivity index (χ0n) is 18.4. The lowest BCUT2D eigenvalue weighted by molar-refractivity contribution is -0.151. The highest BCUT2D eigenvalue weighted by Gasteiger charge is 2.51. The standard InChI is InChI=1S/C20H29B3O7S/c21-8-12-3-13(9-22)17(10-23)16(6-12)20(25)30-18-7-11-4-14(18)15(5-11)19(24)29-1-2-31(26,27)28/h3,6,11,14-15,18H,1-2,4-5,7-10,21-23H2,(H,26,27,28). The molecule has 4 atom stereocenters. The maximum absolute atomic E-state index is 13.1. The molecule has 4 unspecified atom stereocenters. The summed E-state index contributed by atoms with van der Waals surface area (Å²) < 4.78 is 41.4. The summed E-state index contributed by atoms with van der Waals surface area (Å²) in [6.45, 7) is -0.376. The molecule has 3 rings (SSSR count). The molecule has 7 nitrogen and oxygen atoms in total. The van der Waals surface area contributed by atoms with E-state index in [9.17, 15) is 18.0 Å². The van der Waals surface area contributed by atoms with Crippen LogP contribution in [0.3, 0.4) is 0 Å². The van der Waals surface area contributed by atoms with Gasteiger partial charge in [0.25, 0.3) is 10.1 Å². The van der Waals surface area contributed by atoms with Crippen LogP contribution in [0.2, 0.25) is 0 Å². The Balaban J connectivity index is 1.70. The van der Waals surface area contributed by atoms with Crippen molar-refractivity contribution in [1.29, 1.82) is 0 Å². The normalized spacial score (nSPS) is 24.8. The summed E-state index contributed by atoms with van der Waals surface area (Å²) in [5.41, 5.74) is 3.92. The Morgan fingerprint density at radius 1 is 1.06 bits per heavy atom. The molecule has 0 saturated heterocycles. The SMILES string of the molecule is BCc1cc(CB)c(CB)c(C(=O)OC2CC3CC(C(=O)OCCS(=O)(=O)O)C2C3)c1. The largest absolute Gasteiger partial charge is 0.464 e. The first-order valence-electron chi connectivity index (χ1n) is 11.1. The highest BCUT2D eigenvalue weighted by atomic mass is 32.2. The van der Waals surface area contributed by atoms with E-state index in [4.69, 9.17) is 14.0 Å². The Bertz CT molecular complexity index is 950. The van der Waals surface area contributed by atoms with E-state index >= 15 is 0 Å². The summed E-state index contributed by atoms with van der Waals surface area (Å²) in [6, 6.07) is 4.08. The molecule has 0 radical (unpaired) electrons. The predicted molar refractivity (Wildman–Crippen MR) is 124 cm³/mol. The van der Waals surface area contributed by atoms with Gasteiger partial charge in [-0.15, -0.1) is 0 Å². The summed E-state index contributed by atoms with van der Waals surface area (Å²) in [4.78, 5) is 25.6. The van der Waals surface area contributed by atoms with Crippen molar-refractivity contribution < 1.29 is 32.0 Å². The van der Waals surface area contributed by atoms with Crippen molar-refractivity contribution in [2.45, 2.75) is 44.3 Å². The molecule has 0 heterocycles. The van der Waals surface area contributed by atoms with Crippen LogP contribution in [0.25, 0.3) is 0 Å². The number of carbonyl (C=O) groups excluding carboxylic acids is 2. The van der Waals surface area contributed by atoms with Crippen LogP contribution in [0, 0.1) is 17.8 Å². The van der Waals surface area contributed by atoms with Gasteiger partial charge in [-0.1, -0.05) is 36.2 Å². The topological polar surface area (TPSA) is 107 Å². The monoisotopic (exact) mass is 446 g/mol. The van der Waals surface area contributed by atoms with Gasteiger partial charge in [0.1, 0.15) is 42.0 Å². The Labute approximate surface area is 186 Å². The van der Waals surface area contributed by atoms with Gasteiger partial charge in [0, 0.05) is 5.92 Å². The van der Waals surface area contributed by atoms with E-state index in [-0.39, 0.29) is 24.6 Å². The Hall–Kier alpha value is -1.74. The van der Waals surface area contributed by atoms with E-state index in [1.807, 2.05) is 13.9 Å². The van der Waals surface area contributed by atoms with Crippen LogP contribution in [-0.4, -0.2) is 66.9 Å². The van der Waals surface area contributed by atoms with E-state index < -0.39 is 27.8 Å². The number of ether oxygens (including phenoxy) is 2. The fourth-order valence-corrected chi connectivity index (χ4v) is 5.46. The molecule has 2 aliphatic carbocycles. The molecule has 31 heavy (non-hydrogen) atoms. The average molecular weight is 446 g/mol. The minimum absolute atomic E-state index is 0.114. The molecule has 0 amide bonds. The zero-order valence-corrected chi connectivity index (χ0v) is 19.2. The van der Waals surface area contributed by atoms with Crippen molar-refractivity contribution in [3.63, 3.8) is 0 Å². The molecule has 2 fully saturated rings. The van der Waals surface area contributed by atoms with E-state index in [0.717, 1.165) is 42.9 Å². The lowest BCUT2D eigenvalue weighted by Crippen LogP contribution is -2.35. The summed E-state index contributed by atoms with van der Waals surface area (Å²) in [5.74, 6) is -1.66. The Morgan fingerprint density at radius 3 is 2.39 bits per heavy atom. The molecule has 166 valence electrons. The van der Waals surface area contributed by atoms with Crippen LogP contribution in [0.15, 0.2) is 12.1 Å². The molecule has 1 N–H and O–H groups in total. The highest BCUT2D eigenvalue weighted by molar-refractivity contribution is 7.85. The number of fused-ring (bicyclic) bond motifs is 2. The summed E-state index contributed by atoms with van der Waals surface area (Å²) in [7, 11) is 2.00. The van der Waals surface area contributed by atoms with Gasteiger partial charge in [-0.25, -0.2) is 4.79 Å². The van der Waals surface area contributed by atoms with Crippen LogP contribution in [0.4, 0.5) is 0 Å². The third-order valence-electron chi connectivity index (χ3n) is 6.66. The summed E-state index contributed by atoms with van der Waals surface area (Å²) >= 11 is 0. The van der Waals surface area contributed by atoms with Gasteiger partial charge < -0.3 is 9.47 Å². The first-order valence-corrected chi connectivity index (χ1v) is 12.7. The van der Waals surface area contributed by atoms with Crippen molar-refractivity contribution in [2.24, 2.45) is 17.8 Å². The molecule has 2 bridgehead atoms. The second-order valence-corrected chi connectivity index (χ2v) is 10.2. The molecule has 0 aromatic heterocycles. The minimum atomic E-state index is -4.18. The van der Waals surface area contributed by atoms with Crippen molar-refractivity contribution in [3.8, 4) is 0 Å². The second kappa shape index (κ2) is 9.82.